The van der Waals surface area contributed by atoms with Crippen LogP contribution in [0.15, 0.2) is 53.7 Å². The topological polar surface area (TPSA) is 70.4 Å². The summed E-state index contributed by atoms with van der Waals surface area (Å²) in [5.41, 5.74) is 1.88. The fourth-order valence-electron chi connectivity index (χ4n) is 3.91. The van der Waals surface area contributed by atoms with Crippen molar-refractivity contribution in [3.63, 3.8) is 0 Å². The van der Waals surface area contributed by atoms with Crippen LogP contribution in [0.25, 0.3) is 0 Å². The van der Waals surface area contributed by atoms with Crippen molar-refractivity contribution in [3.05, 3.63) is 54.4 Å². The van der Waals surface area contributed by atoms with Crippen LogP contribution < -0.4 is 9.88 Å². The summed E-state index contributed by atoms with van der Waals surface area (Å²) in [5.74, 6) is 0.393. The Hall–Kier alpha value is -2.25. The molecular formula is C23H32N3O3S+. The van der Waals surface area contributed by atoms with E-state index in [0.29, 0.717) is 24.7 Å². The van der Waals surface area contributed by atoms with Gasteiger partial charge in [0, 0.05) is 37.8 Å². The zero-order chi connectivity index (χ0) is 21.7. The molecule has 7 heteroatoms. The number of hydrogen-bond acceptors (Lipinski definition) is 3. The Bertz CT molecular complexity index is 946. The number of aromatic nitrogens is 1. The standard InChI is InChI=1S/C23H31N3O3S/c1-4-19(5-2)20-12-16-25(17-13-20)18(3)23(27)24-21-8-10-22(11-9-21)30(28,29)26-14-6-7-15-26/h8-13,16-19H,4-7,14-15H2,1-3H3/p+1/t18-/m0/s1. The predicted octanol–water partition coefficient (Wildman–Crippen LogP) is 3.86. The maximum Gasteiger partial charge on any atom is 0.293 e. The molecule has 30 heavy (non-hydrogen) atoms. The van der Waals surface area contributed by atoms with E-state index in [0.717, 1.165) is 25.7 Å². The zero-order valence-corrected chi connectivity index (χ0v) is 18.9. The highest BCUT2D eigenvalue weighted by Gasteiger charge is 2.27. The molecule has 1 fully saturated rings. The van der Waals surface area contributed by atoms with Gasteiger partial charge in [-0.2, -0.15) is 8.87 Å². The summed E-state index contributed by atoms with van der Waals surface area (Å²) in [5, 5.41) is 2.88. The molecule has 3 rings (SSSR count). The molecule has 0 saturated carbocycles. The van der Waals surface area contributed by atoms with Crippen LogP contribution in [0, 0.1) is 0 Å². The van der Waals surface area contributed by atoms with E-state index in [4.69, 9.17) is 0 Å². The third kappa shape index (κ3) is 4.90. The second-order valence-corrected chi connectivity index (χ2v) is 9.83. The van der Waals surface area contributed by atoms with Gasteiger partial charge in [0.1, 0.15) is 0 Å². The van der Waals surface area contributed by atoms with Gasteiger partial charge in [-0.25, -0.2) is 8.42 Å². The number of carbonyl (C=O) groups is 1. The summed E-state index contributed by atoms with van der Waals surface area (Å²) < 4.78 is 28.6. The van der Waals surface area contributed by atoms with Gasteiger partial charge in [0.05, 0.1) is 4.90 Å². The van der Waals surface area contributed by atoms with Crippen LogP contribution in [0.1, 0.15) is 64.0 Å². The maximum absolute atomic E-state index is 12.7. The number of benzene rings is 1. The Labute approximate surface area is 180 Å². The molecule has 0 spiro atoms. The molecule has 0 aliphatic carbocycles. The van der Waals surface area contributed by atoms with Gasteiger partial charge in [-0.05, 0) is 61.4 Å². The number of nitrogens with zero attached hydrogens (tertiary/aromatic N) is 2. The van der Waals surface area contributed by atoms with Crippen LogP contribution >= 0.6 is 0 Å². The smallest absolute Gasteiger partial charge is 0.293 e. The molecule has 0 radical (unpaired) electrons. The molecule has 1 amide bonds. The van der Waals surface area contributed by atoms with Crippen molar-refractivity contribution in [2.75, 3.05) is 18.4 Å². The molecule has 1 atom stereocenters. The molecule has 6 nitrogen and oxygen atoms in total. The number of pyridine rings is 1. The van der Waals surface area contributed by atoms with E-state index in [9.17, 15) is 13.2 Å². The summed E-state index contributed by atoms with van der Waals surface area (Å²) >= 11 is 0. The molecule has 0 unspecified atom stereocenters. The molecule has 1 N–H and O–H groups in total. The third-order valence-corrected chi connectivity index (χ3v) is 7.90. The van der Waals surface area contributed by atoms with Gasteiger partial charge >= 0.3 is 0 Å². The SMILES string of the molecule is CCC(CC)c1cc[n+]([C@@H](C)C(=O)Nc2ccc(S(=O)(=O)N3CCCC3)cc2)cc1. The lowest BCUT2D eigenvalue weighted by Crippen LogP contribution is -2.44. The van der Waals surface area contributed by atoms with Crippen LogP contribution in [-0.2, 0) is 14.8 Å². The highest BCUT2D eigenvalue weighted by molar-refractivity contribution is 7.89. The van der Waals surface area contributed by atoms with Gasteiger partial charge in [-0.15, -0.1) is 0 Å². The van der Waals surface area contributed by atoms with E-state index in [2.05, 4.69) is 31.3 Å². The predicted molar refractivity (Wildman–Crippen MR) is 118 cm³/mol. The van der Waals surface area contributed by atoms with Crippen molar-refractivity contribution in [3.8, 4) is 0 Å². The van der Waals surface area contributed by atoms with E-state index in [1.807, 2.05) is 23.9 Å². The van der Waals surface area contributed by atoms with Gasteiger partial charge in [0.25, 0.3) is 5.91 Å². The Morgan fingerprint density at radius 3 is 2.13 bits per heavy atom. The Morgan fingerprint density at radius 1 is 1.03 bits per heavy atom. The summed E-state index contributed by atoms with van der Waals surface area (Å²) in [7, 11) is -3.44. The first-order valence-corrected chi connectivity index (χ1v) is 12.2. The van der Waals surface area contributed by atoms with Crippen LogP contribution in [0.3, 0.4) is 0 Å². The van der Waals surface area contributed by atoms with Crippen molar-refractivity contribution in [1.29, 1.82) is 0 Å². The quantitative estimate of drug-likeness (QED) is 0.647. The van der Waals surface area contributed by atoms with Gasteiger partial charge in [-0.3, -0.25) is 4.79 Å². The number of anilines is 1. The number of carbonyl (C=O) groups excluding carboxylic acids is 1. The average Bonchev–Trinajstić information content (AvgIpc) is 3.31. The van der Waals surface area contributed by atoms with Crippen molar-refractivity contribution < 1.29 is 17.8 Å². The van der Waals surface area contributed by atoms with Gasteiger partial charge < -0.3 is 5.32 Å². The Morgan fingerprint density at radius 2 is 1.60 bits per heavy atom. The first kappa shape index (κ1) is 22.4. The van der Waals surface area contributed by atoms with Crippen LogP contribution in [0.5, 0.6) is 0 Å². The fraction of sp³-hybridized carbons (Fsp3) is 0.478. The van der Waals surface area contributed by atoms with Gasteiger partial charge in [0.2, 0.25) is 16.1 Å². The molecule has 1 aromatic carbocycles. The van der Waals surface area contributed by atoms with E-state index in [1.54, 1.807) is 24.3 Å². The summed E-state index contributed by atoms with van der Waals surface area (Å²) in [6.07, 6.45) is 7.90. The summed E-state index contributed by atoms with van der Waals surface area (Å²) in [4.78, 5) is 12.9. The van der Waals surface area contributed by atoms with Crippen molar-refractivity contribution in [1.82, 2.24) is 4.31 Å². The molecule has 2 aromatic rings. The normalized spacial score (nSPS) is 16.0. The number of hydrogen-bond donors (Lipinski definition) is 1. The molecule has 1 aliphatic rings. The molecule has 2 heterocycles. The van der Waals surface area contributed by atoms with E-state index in [-0.39, 0.29) is 16.8 Å². The molecule has 1 aromatic heterocycles. The lowest BCUT2D eigenvalue weighted by molar-refractivity contribution is -0.705. The maximum atomic E-state index is 12.7. The van der Waals surface area contributed by atoms with Crippen molar-refractivity contribution >= 4 is 21.6 Å². The lowest BCUT2D eigenvalue weighted by atomic mass is 9.95. The molecule has 0 bridgehead atoms. The molecule has 1 saturated heterocycles. The minimum absolute atomic E-state index is 0.148. The molecular weight excluding hydrogens is 398 g/mol. The number of sulfonamides is 1. The van der Waals surface area contributed by atoms with Crippen LogP contribution in [0.2, 0.25) is 0 Å². The highest BCUT2D eigenvalue weighted by Crippen LogP contribution is 2.23. The van der Waals surface area contributed by atoms with E-state index >= 15 is 0 Å². The third-order valence-electron chi connectivity index (χ3n) is 5.99. The molecule has 162 valence electrons. The van der Waals surface area contributed by atoms with E-state index < -0.39 is 10.0 Å². The number of rotatable bonds is 8. The first-order valence-electron chi connectivity index (χ1n) is 10.8. The van der Waals surface area contributed by atoms with Crippen LogP contribution in [-0.4, -0.2) is 31.7 Å². The average molecular weight is 431 g/mol. The van der Waals surface area contributed by atoms with E-state index in [1.165, 1.54) is 9.87 Å². The summed E-state index contributed by atoms with van der Waals surface area (Å²) in [6.45, 7) is 7.37. The second kappa shape index (κ2) is 9.71. The largest absolute Gasteiger partial charge is 0.320 e. The monoisotopic (exact) mass is 430 g/mol. The second-order valence-electron chi connectivity index (χ2n) is 7.89. The number of amides is 1. The van der Waals surface area contributed by atoms with Gasteiger partial charge in [0.15, 0.2) is 12.4 Å². The lowest BCUT2D eigenvalue weighted by Gasteiger charge is -2.16. The zero-order valence-electron chi connectivity index (χ0n) is 18.0. The Kier molecular flexibility index (Phi) is 7.26. The first-order chi connectivity index (χ1) is 14.4. The number of nitrogens with one attached hydrogen (secondary N) is 1. The minimum Gasteiger partial charge on any atom is -0.320 e. The van der Waals surface area contributed by atoms with Crippen LogP contribution in [0.4, 0.5) is 5.69 Å². The van der Waals surface area contributed by atoms with Gasteiger partial charge in [-0.1, -0.05) is 13.8 Å². The summed E-state index contributed by atoms with van der Waals surface area (Å²) in [6, 6.07) is 10.2. The Balaban J connectivity index is 1.65. The van der Waals surface area contributed by atoms with Crippen molar-refractivity contribution in [2.45, 2.75) is 63.3 Å². The minimum atomic E-state index is -3.44. The fourth-order valence-corrected chi connectivity index (χ4v) is 5.43. The van der Waals surface area contributed by atoms with Crippen molar-refractivity contribution in [2.24, 2.45) is 0 Å². The molecule has 1 aliphatic heterocycles. The highest BCUT2D eigenvalue weighted by atomic mass is 32.2.